The smallest absolute Gasteiger partial charge is 0.220 e. The van der Waals surface area contributed by atoms with Gasteiger partial charge in [0.05, 0.1) is 17.4 Å². The highest BCUT2D eigenvalue weighted by atomic mass is 32.1. The summed E-state index contributed by atoms with van der Waals surface area (Å²) in [5, 5.41) is 11.0. The molecule has 0 aliphatic carbocycles. The molecule has 0 spiro atoms. The number of pyridine rings is 1. The molecule has 0 bridgehead atoms. The molecule has 4 aromatic rings. The van der Waals surface area contributed by atoms with Crippen molar-refractivity contribution in [2.75, 3.05) is 0 Å². The van der Waals surface area contributed by atoms with Gasteiger partial charge in [-0.2, -0.15) is 5.10 Å². The number of thiophene rings is 1. The molecule has 0 radical (unpaired) electrons. The largest absolute Gasteiger partial charge is 0.349 e. The number of rotatable bonds is 6. The van der Waals surface area contributed by atoms with Crippen LogP contribution in [0.3, 0.4) is 0 Å². The Morgan fingerprint density at radius 1 is 1.10 bits per heavy atom. The van der Waals surface area contributed by atoms with Crippen LogP contribution >= 0.6 is 11.3 Å². The first-order valence-electron chi connectivity index (χ1n) is 10.6. The lowest BCUT2D eigenvalue weighted by Gasteiger charge is -2.14. The maximum Gasteiger partial charge on any atom is 0.220 e. The molecule has 1 aromatic carbocycles. The van der Waals surface area contributed by atoms with E-state index in [0.717, 1.165) is 39.2 Å². The molecule has 0 fully saturated rings. The van der Waals surface area contributed by atoms with Crippen LogP contribution < -0.4 is 5.32 Å². The summed E-state index contributed by atoms with van der Waals surface area (Å²) in [5.74, 6) is 0.0619. The van der Waals surface area contributed by atoms with E-state index in [1.54, 1.807) is 11.3 Å². The van der Waals surface area contributed by atoms with E-state index in [-0.39, 0.29) is 11.9 Å². The lowest BCUT2D eigenvalue weighted by atomic mass is 9.99. The normalized spacial score (nSPS) is 12.3. The van der Waals surface area contributed by atoms with Crippen LogP contribution in [0, 0.1) is 27.7 Å². The minimum absolute atomic E-state index is 0.0327. The second kappa shape index (κ2) is 8.63. The minimum Gasteiger partial charge on any atom is -0.349 e. The molecular formula is C25H28N4OS. The molecule has 6 heteroatoms. The molecule has 1 N–H and O–H groups in total. The van der Waals surface area contributed by atoms with Gasteiger partial charge in [0.1, 0.15) is 0 Å². The van der Waals surface area contributed by atoms with Crippen LogP contribution in [0.4, 0.5) is 0 Å². The SMILES string of the molecule is Cc1ccc(-n2nc(C)c3c(C)c(CCC(=O)NC(C)c4cccs4)c(C)nc32)cc1. The van der Waals surface area contributed by atoms with Crippen molar-refractivity contribution in [3.8, 4) is 5.69 Å². The summed E-state index contributed by atoms with van der Waals surface area (Å²) in [7, 11) is 0. The Morgan fingerprint density at radius 3 is 2.52 bits per heavy atom. The molecule has 0 saturated carbocycles. The van der Waals surface area contributed by atoms with Crippen LogP contribution in [0.5, 0.6) is 0 Å². The molecule has 3 aromatic heterocycles. The third-order valence-electron chi connectivity index (χ3n) is 5.80. The molecular weight excluding hydrogens is 404 g/mol. The summed E-state index contributed by atoms with van der Waals surface area (Å²) in [5.41, 5.74) is 7.30. The summed E-state index contributed by atoms with van der Waals surface area (Å²) in [6, 6.07) is 12.4. The van der Waals surface area contributed by atoms with Gasteiger partial charge in [0.2, 0.25) is 5.91 Å². The van der Waals surface area contributed by atoms with E-state index in [1.807, 2.05) is 36.9 Å². The molecule has 1 unspecified atom stereocenters. The van der Waals surface area contributed by atoms with Gasteiger partial charge in [-0.15, -0.1) is 11.3 Å². The summed E-state index contributed by atoms with van der Waals surface area (Å²) in [6.07, 6.45) is 1.11. The maximum absolute atomic E-state index is 12.5. The lowest BCUT2D eigenvalue weighted by molar-refractivity contribution is -0.121. The van der Waals surface area contributed by atoms with Crippen molar-refractivity contribution in [3.05, 3.63) is 74.7 Å². The maximum atomic E-state index is 12.5. The summed E-state index contributed by atoms with van der Waals surface area (Å²) in [4.78, 5) is 18.6. The lowest BCUT2D eigenvalue weighted by Crippen LogP contribution is -2.26. The first kappa shape index (κ1) is 21.2. The number of nitrogens with zero attached hydrogens (tertiary/aromatic N) is 3. The number of aromatic nitrogens is 3. The predicted octanol–water partition coefficient (Wildman–Crippen LogP) is 5.53. The van der Waals surface area contributed by atoms with E-state index in [4.69, 9.17) is 10.1 Å². The number of aryl methyl sites for hydroxylation is 4. The second-order valence-electron chi connectivity index (χ2n) is 8.14. The first-order chi connectivity index (χ1) is 14.8. The van der Waals surface area contributed by atoms with Gasteiger partial charge in [0.25, 0.3) is 0 Å². The van der Waals surface area contributed by atoms with E-state index >= 15 is 0 Å². The van der Waals surface area contributed by atoms with Crippen LogP contribution in [0.15, 0.2) is 41.8 Å². The van der Waals surface area contributed by atoms with Gasteiger partial charge < -0.3 is 5.32 Å². The average molecular weight is 433 g/mol. The molecule has 1 atom stereocenters. The third-order valence-corrected chi connectivity index (χ3v) is 6.86. The second-order valence-corrected chi connectivity index (χ2v) is 9.12. The van der Waals surface area contributed by atoms with Crippen molar-refractivity contribution in [2.24, 2.45) is 0 Å². The summed E-state index contributed by atoms with van der Waals surface area (Å²) < 4.78 is 1.92. The Morgan fingerprint density at radius 2 is 1.84 bits per heavy atom. The Kier molecular flexibility index (Phi) is 5.92. The van der Waals surface area contributed by atoms with Gasteiger partial charge in [-0.1, -0.05) is 23.8 Å². The number of carbonyl (C=O) groups is 1. The zero-order valence-corrected chi connectivity index (χ0v) is 19.5. The van der Waals surface area contributed by atoms with Gasteiger partial charge >= 0.3 is 0 Å². The van der Waals surface area contributed by atoms with Gasteiger partial charge in [-0.3, -0.25) is 4.79 Å². The molecule has 160 valence electrons. The number of amides is 1. The van der Waals surface area contributed by atoms with Crippen LogP contribution in [0.1, 0.15) is 52.3 Å². The quantitative estimate of drug-likeness (QED) is 0.436. The molecule has 1 amide bonds. The fraction of sp³-hybridized carbons (Fsp3) is 0.320. The van der Waals surface area contributed by atoms with Crippen molar-refractivity contribution in [3.63, 3.8) is 0 Å². The van der Waals surface area contributed by atoms with Crippen molar-refractivity contribution in [1.82, 2.24) is 20.1 Å². The van der Waals surface area contributed by atoms with Gasteiger partial charge in [-0.05, 0) is 75.7 Å². The molecule has 4 rings (SSSR count). The first-order valence-corrected chi connectivity index (χ1v) is 11.5. The summed E-state index contributed by atoms with van der Waals surface area (Å²) in [6.45, 7) is 10.3. The zero-order chi connectivity index (χ0) is 22.1. The van der Waals surface area contributed by atoms with E-state index < -0.39 is 0 Å². The highest BCUT2D eigenvalue weighted by molar-refractivity contribution is 7.10. The Balaban J connectivity index is 1.58. The highest BCUT2D eigenvalue weighted by Crippen LogP contribution is 2.28. The Hall–Kier alpha value is -2.99. The van der Waals surface area contributed by atoms with E-state index in [9.17, 15) is 4.79 Å². The summed E-state index contributed by atoms with van der Waals surface area (Å²) >= 11 is 1.66. The standard InChI is InChI=1S/C25H28N4OS/c1-15-8-10-20(11-9-15)29-25-24(19(5)28-29)16(2)21(17(3)27-25)12-13-23(30)26-18(4)22-7-6-14-31-22/h6-11,14,18H,12-13H2,1-5H3,(H,26,30). The van der Waals surface area contributed by atoms with E-state index in [2.05, 4.69) is 49.5 Å². The number of hydrogen-bond acceptors (Lipinski definition) is 4. The van der Waals surface area contributed by atoms with Crippen LogP contribution in [-0.4, -0.2) is 20.7 Å². The predicted molar refractivity (Wildman–Crippen MR) is 127 cm³/mol. The van der Waals surface area contributed by atoms with Crippen molar-refractivity contribution >= 4 is 28.3 Å². The Bertz CT molecular complexity index is 1220. The van der Waals surface area contributed by atoms with Gasteiger partial charge in [0, 0.05) is 22.4 Å². The molecule has 5 nitrogen and oxygen atoms in total. The van der Waals surface area contributed by atoms with Crippen molar-refractivity contribution in [1.29, 1.82) is 0 Å². The molecule has 0 aliphatic heterocycles. The molecule has 0 aliphatic rings. The number of benzene rings is 1. The van der Waals surface area contributed by atoms with Gasteiger partial charge in [0.15, 0.2) is 5.65 Å². The highest BCUT2D eigenvalue weighted by Gasteiger charge is 2.18. The third kappa shape index (κ3) is 4.26. The number of hydrogen-bond donors (Lipinski definition) is 1. The van der Waals surface area contributed by atoms with Crippen molar-refractivity contribution < 1.29 is 4.79 Å². The Labute approximate surface area is 187 Å². The van der Waals surface area contributed by atoms with E-state index in [0.29, 0.717) is 12.8 Å². The topological polar surface area (TPSA) is 59.8 Å². The average Bonchev–Trinajstić information content (AvgIpc) is 3.37. The fourth-order valence-electron chi connectivity index (χ4n) is 4.10. The monoisotopic (exact) mass is 432 g/mol. The fourth-order valence-corrected chi connectivity index (χ4v) is 4.84. The molecule has 3 heterocycles. The van der Waals surface area contributed by atoms with Crippen LogP contribution in [-0.2, 0) is 11.2 Å². The van der Waals surface area contributed by atoms with Gasteiger partial charge in [-0.25, -0.2) is 9.67 Å². The minimum atomic E-state index is 0.0327. The number of fused-ring (bicyclic) bond motifs is 1. The number of nitrogens with one attached hydrogen (secondary N) is 1. The zero-order valence-electron chi connectivity index (χ0n) is 18.7. The van der Waals surface area contributed by atoms with E-state index in [1.165, 1.54) is 10.4 Å². The van der Waals surface area contributed by atoms with Crippen molar-refractivity contribution in [2.45, 2.75) is 53.5 Å². The van der Waals surface area contributed by atoms with Crippen LogP contribution in [0.2, 0.25) is 0 Å². The van der Waals surface area contributed by atoms with Crippen LogP contribution in [0.25, 0.3) is 16.7 Å². The number of carbonyl (C=O) groups excluding carboxylic acids is 1. The molecule has 31 heavy (non-hydrogen) atoms. The molecule has 0 saturated heterocycles.